The van der Waals surface area contributed by atoms with E-state index in [4.69, 9.17) is 17.3 Å². The summed E-state index contributed by atoms with van der Waals surface area (Å²) in [7, 11) is 0. The summed E-state index contributed by atoms with van der Waals surface area (Å²) in [4.78, 5) is 26.6. The molecule has 0 aliphatic carbocycles. The van der Waals surface area contributed by atoms with Crippen LogP contribution in [-0.4, -0.2) is 45.3 Å². The van der Waals surface area contributed by atoms with Crippen LogP contribution in [0.5, 0.6) is 0 Å². The fourth-order valence-electron chi connectivity index (χ4n) is 4.16. The van der Waals surface area contributed by atoms with Crippen molar-refractivity contribution in [1.29, 1.82) is 0 Å². The molecule has 1 saturated heterocycles. The smallest absolute Gasteiger partial charge is 0.237 e. The molecule has 6 nitrogen and oxygen atoms in total. The number of carbonyl (C=O) groups is 1. The van der Waals surface area contributed by atoms with Crippen LogP contribution >= 0.6 is 22.9 Å². The van der Waals surface area contributed by atoms with E-state index in [1.165, 1.54) is 21.5 Å². The number of fused-ring (bicyclic) bond motifs is 2. The van der Waals surface area contributed by atoms with E-state index in [1.54, 1.807) is 11.3 Å². The molecule has 0 atom stereocenters. The van der Waals surface area contributed by atoms with Gasteiger partial charge in [0.05, 0.1) is 12.1 Å². The van der Waals surface area contributed by atoms with Gasteiger partial charge in [0.15, 0.2) is 0 Å². The number of nitrogen functional groups attached to an aromatic ring is 1. The predicted octanol–water partition coefficient (Wildman–Crippen LogP) is 4.23. The monoisotopic (exact) mass is 451 g/mol. The number of hydrogen-bond acceptors (Lipinski definition) is 6. The van der Waals surface area contributed by atoms with Crippen molar-refractivity contribution in [3.8, 4) is 0 Å². The topological polar surface area (TPSA) is 75.3 Å². The van der Waals surface area contributed by atoms with Crippen LogP contribution in [0.4, 0.5) is 5.82 Å². The minimum atomic E-state index is 0.144. The van der Waals surface area contributed by atoms with Gasteiger partial charge in [0, 0.05) is 51.6 Å². The molecule has 31 heavy (non-hydrogen) atoms. The maximum absolute atomic E-state index is 12.8. The zero-order valence-electron chi connectivity index (χ0n) is 17.1. The zero-order chi connectivity index (χ0) is 21.5. The predicted molar refractivity (Wildman–Crippen MR) is 126 cm³/mol. The molecular formula is C23H22ClN5OS. The second-order valence-electron chi connectivity index (χ2n) is 7.90. The van der Waals surface area contributed by atoms with Crippen molar-refractivity contribution in [3.05, 3.63) is 63.8 Å². The Balaban J connectivity index is 1.27. The number of aromatic nitrogens is 2. The van der Waals surface area contributed by atoms with E-state index in [2.05, 4.69) is 27.9 Å². The van der Waals surface area contributed by atoms with Gasteiger partial charge in [-0.1, -0.05) is 23.7 Å². The Morgan fingerprint density at radius 3 is 2.84 bits per heavy atom. The Morgan fingerprint density at radius 1 is 1.16 bits per heavy atom. The maximum Gasteiger partial charge on any atom is 0.237 e. The van der Waals surface area contributed by atoms with Crippen molar-refractivity contribution in [2.24, 2.45) is 0 Å². The molecule has 1 aliphatic heterocycles. The van der Waals surface area contributed by atoms with Crippen molar-refractivity contribution in [2.45, 2.75) is 20.0 Å². The van der Waals surface area contributed by atoms with E-state index in [0.29, 0.717) is 25.5 Å². The van der Waals surface area contributed by atoms with Gasteiger partial charge in [-0.2, -0.15) is 0 Å². The van der Waals surface area contributed by atoms with Gasteiger partial charge < -0.3 is 10.6 Å². The molecule has 0 radical (unpaired) electrons. The molecule has 158 valence electrons. The number of nitrogens with two attached hydrogens (primary N) is 1. The quantitative estimate of drug-likeness (QED) is 0.502. The molecule has 2 aromatic carbocycles. The Bertz CT molecular complexity index is 1300. The Morgan fingerprint density at radius 2 is 2.03 bits per heavy atom. The molecule has 3 heterocycles. The molecule has 2 aromatic heterocycles. The first kappa shape index (κ1) is 20.2. The molecule has 1 aliphatic rings. The van der Waals surface area contributed by atoms with Gasteiger partial charge in [0.25, 0.3) is 0 Å². The minimum Gasteiger partial charge on any atom is -0.383 e. The van der Waals surface area contributed by atoms with Gasteiger partial charge in [-0.15, -0.1) is 11.3 Å². The van der Waals surface area contributed by atoms with Gasteiger partial charge in [-0.25, -0.2) is 9.97 Å². The lowest BCUT2D eigenvalue weighted by atomic mass is 10.1. The van der Waals surface area contributed by atoms with Crippen LogP contribution in [0.25, 0.3) is 21.0 Å². The summed E-state index contributed by atoms with van der Waals surface area (Å²) >= 11 is 8.17. The van der Waals surface area contributed by atoms with Crippen LogP contribution < -0.4 is 5.73 Å². The van der Waals surface area contributed by atoms with E-state index in [-0.39, 0.29) is 5.91 Å². The van der Waals surface area contributed by atoms with Gasteiger partial charge >= 0.3 is 0 Å². The standard InChI is InChI=1S/C23H22ClN5OS/c1-14-20(31-19-4-2-3-17(24)22(14)19)11-28-7-8-29(21(30)12-28)10-15-5-6-16-18(9-15)26-13-27-23(16)25/h2-6,9,13H,7-8,10-12H2,1H3,(H2,25,26,27). The van der Waals surface area contributed by atoms with Gasteiger partial charge in [-0.3, -0.25) is 9.69 Å². The highest BCUT2D eigenvalue weighted by atomic mass is 35.5. The number of thiophene rings is 1. The van der Waals surface area contributed by atoms with E-state index < -0.39 is 0 Å². The van der Waals surface area contributed by atoms with Crippen LogP contribution in [0.1, 0.15) is 16.0 Å². The van der Waals surface area contributed by atoms with E-state index >= 15 is 0 Å². The Labute approximate surface area is 189 Å². The van der Waals surface area contributed by atoms with Crippen LogP contribution in [0, 0.1) is 6.92 Å². The third-order valence-corrected chi connectivity index (χ3v) is 7.43. The Kier molecular flexibility index (Phi) is 5.25. The highest BCUT2D eigenvalue weighted by Crippen LogP contribution is 2.36. The summed E-state index contributed by atoms with van der Waals surface area (Å²) in [5, 5.41) is 2.76. The summed E-state index contributed by atoms with van der Waals surface area (Å²) in [6, 6.07) is 11.9. The summed E-state index contributed by atoms with van der Waals surface area (Å²) in [5.74, 6) is 0.615. The van der Waals surface area contributed by atoms with Gasteiger partial charge in [-0.05, 0) is 42.3 Å². The summed E-state index contributed by atoms with van der Waals surface area (Å²) in [6.45, 7) is 5.43. The van der Waals surface area contributed by atoms with Crippen LogP contribution in [0.15, 0.2) is 42.7 Å². The SMILES string of the molecule is Cc1c(CN2CCN(Cc3ccc4c(N)ncnc4c3)C(=O)C2)sc2cccc(Cl)c12. The van der Waals surface area contributed by atoms with Crippen molar-refractivity contribution in [3.63, 3.8) is 0 Å². The third-order valence-electron chi connectivity index (χ3n) is 5.87. The fraction of sp³-hybridized carbons (Fsp3) is 0.261. The van der Waals surface area contributed by atoms with Crippen molar-refractivity contribution in [2.75, 3.05) is 25.4 Å². The minimum absolute atomic E-state index is 0.144. The van der Waals surface area contributed by atoms with E-state index in [0.717, 1.165) is 40.0 Å². The van der Waals surface area contributed by atoms with Crippen molar-refractivity contribution < 1.29 is 4.79 Å². The average molecular weight is 452 g/mol. The average Bonchev–Trinajstić information content (AvgIpc) is 3.07. The normalized spacial score (nSPS) is 15.3. The van der Waals surface area contributed by atoms with Crippen LogP contribution in [-0.2, 0) is 17.9 Å². The fourth-order valence-corrected chi connectivity index (χ4v) is 5.81. The number of rotatable bonds is 4. The number of amides is 1. The number of benzene rings is 2. The van der Waals surface area contributed by atoms with Gasteiger partial charge in [0.1, 0.15) is 12.1 Å². The molecule has 0 bridgehead atoms. The lowest BCUT2D eigenvalue weighted by Crippen LogP contribution is -2.49. The number of hydrogen-bond donors (Lipinski definition) is 1. The molecular weight excluding hydrogens is 430 g/mol. The molecule has 8 heteroatoms. The highest BCUT2D eigenvalue weighted by molar-refractivity contribution is 7.19. The Hall–Kier alpha value is -2.74. The van der Waals surface area contributed by atoms with E-state index in [9.17, 15) is 4.79 Å². The number of aryl methyl sites for hydroxylation is 1. The number of piperazine rings is 1. The third kappa shape index (κ3) is 3.84. The first-order valence-electron chi connectivity index (χ1n) is 10.2. The largest absolute Gasteiger partial charge is 0.383 e. The summed E-state index contributed by atoms with van der Waals surface area (Å²) in [6.07, 6.45) is 1.47. The van der Waals surface area contributed by atoms with Gasteiger partial charge in [0.2, 0.25) is 5.91 Å². The lowest BCUT2D eigenvalue weighted by Gasteiger charge is -2.34. The second-order valence-corrected chi connectivity index (χ2v) is 9.44. The number of nitrogens with zero attached hydrogens (tertiary/aromatic N) is 4. The maximum atomic E-state index is 12.8. The number of carbonyl (C=O) groups excluding carboxylic acids is 1. The van der Waals surface area contributed by atoms with Crippen molar-refractivity contribution >= 4 is 55.7 Å². The first-order valence-corrected chi connectivity index (χ1v) is 11.3. The first-order chi connectivity index (χ1) is 15.0. The highest BCUT2D eigenvalue weighted by Gasteiger charge is 2.25. The summed E-state index contributed by atoms with van der Waals surface area (Å²) < 4.78 is 1.20. The molecule has 0 saturated carbocycles. The van der Waals surface area contributed by atoms with Crippen LogP contribution in [0.3, 0.4) is 0 Å². The molecule has 0 unspecified atom stereocenters. The zero-order valence-corrected chi connectivity index (χ0v) is 18.7. The lowest BCUT2D eigenvalue weighted by molar-refractivity contribution is -0.136. The number of anilines is 1. The molecule has 4 aromatic rings. The number of halogens is 1. The molecule has 0 spiro atoms. The second kappa shape index (κ2) is 8.07. The van der Waals surface area contributed by atoms with Crippen LogP contribution in [0.2, 0.25) is 5.02 Å². The molecule has 1 amide bonds. The molecule has 2 N–H and O–H groups in total. The van der Waals surface area contributed by atoms with Crippen molar-refractivity contribution in [1.82, 2.24) is 19.8 Å². The molecule has 5 rings (SSSR count). The molecule has 1 fully saturated rings. The van der Waals surface area contributed by atoms with E-state index in [1.807, 2.05) is 35.2 Å². The summed E-state index contributed by atoms with van der Waals surface area (Å²) in [5.41, 5.74) is 8.97.